The van der Waals surface area contributed by atoms with Crippen LogP contribution in [0.2, 0.25) is 0 Å². The molecule has 1 fully saturated rings. The van der Waals surface area contributed by atoms with Gasteiger partial charge in [-0.2, -0.15) is 0 Å². The predicted molar refractivity (Wildman–Crippen MR) is 86.8 cm³/mol. The van der Waals surface area contributed by atoms with Crippen molar-refractivity contribution < 1.29 is 5.11 Å². The van der Waals surface area contributed by atoms with E-state index in [1.165, 1.54) is 37.1 Å². The molecule has 3 atom stereocenters. The second-order valence-corrected chi connectivity index (χ2v) is 7.10. The SMILES string of the molecule is Cc1ccc(O)c2c1C(C)CC2NCC1CCCN(C)C1. The molecule has 3 unspecified atom stereocenters. The molecule has 0 bridgehead atoms. The molecule has 1 aliphatic heterocycles. The summed E-state index contributed by atoms with van der Waals surface area (Å²) in [5.74, 6) is 1.76. The zero-order valence-corrected chi connectivity index (χ0v) is 13.5. The van der Waals surface area contributed by atoms with Crippen molar-refractivity contribution in [3.05, 3.63) is 28.8 Å². The number of nitrogens with zero attached hydrogens (tertiary/aromatic N) is 1. The van der Waals surface area contributed by atoms with Gasteiger partial charge in [-0.05, 0) is 75.4 Å². The van der Waals surface area contributed by atoms with Gasteiger partial charge in [0.05, 0.1) is 0 Å². The Labute approximate surface area is 128 Å². The molecule has 3 heteroatoms. The van der Waals surface area contributed by atoms with E-state index in [0.29, 0.717) is 17.7 Å². The van der Waals surface area contributed by atoms with Crippen LogP contribution in [0.15, 0.2) is 12.1 Å². The number of aromatic hydroxyl groups is 1. The number of phenolic OH excluding ortho intramolecular Hbond substituents is 1. The van der Waals surface area contributed by atoms with Crippen LogP contribution in [0.3, 0.4) is 0 Å². The van der Waals surface area contributed by atoms with Crippen molar-refractivity contribution in [1.29, 1.82) is 0 Å². The van der Waals surface area contributed by atoms with Crippen LogP contribution in [0.5, 0.6) is 5.75 Å². The Morgan fingerprint density at radius 1 is 1.33 bits per heavy atom. The fourth-order valence-corrected chi connectivity index (χ4v) is 4.28. The molecule has 2 aliphatic rings. The molecule has 1 saturated heterocycles. The average molecular weight is 288 g/mol. The van der Waals surface area contributed by atoms with Crippen molar-refractivity contribution >= 4 is 0 Å². The summed E-state index contributed by atoms with van der Waals surface area (Å²) in [5.41, 5.74) is 3.84. The van der Waals surface area contributed by atoms with E-state index in [2.05, 4.69) is 31.1 Å². The number of benzene rings is 1. The summed E-state index contributed by atoms with van der Waals surface area (Å²) < 4.78 is 0. The zero-order chi connectivity index (χ0) is 15.0. The van der Waals surface area contributed by atoms with E-state index in [1.54, 1.807) is 0 Å². The number of hydrogen-bond acceptors (Lipinski definition) is 3. The third-order valence-corrected chi connectivity index (χ3v) is 5.29. The Morgan fingerprint density at radius 3 is 2.90 bits per heavy atom. The first kappa shape index (κ1) is 14.9. The van der Waals surface area contributed by atoms with Crippen molar-refractivity contribution in [1.82, 2.24) is 10.2 Å². The Hall–Kier alpha value is -1.06. The molecule has 0 radical (unpaired) electrons. The van der Waals surface area contributed by atoms with Gasteiger partial charge in [-0.15, -0.1) is 0 Å². The summed E-state index contributed by atoms with van der Waals surface area (Å²) in [6.07, 6.45) is 3.74. The minimum Gasteiger partial charge on any atom is -0.508 e. The summed E-state index contributed by atoms with van der Waals surface area (Å²) in [6.45, 7) is 7.94. The number of fused-ring (bicyclic) bond motifs is 1. The van der Waals surface area contributed by atoms with E-state index in [4.69, 9.17) is 0 Å². The summed E-state index contributed by atoms with van der Waals surface area (Å²) in [5, 5.41) is 14.0. The minimum absolute atomic E-state index is 0.321. The fraction of sp³-hybridized carbons (Fsp3) is 0.667. The van der Waals surface area contributed by atoms with Crippen LogP contribution in [-0.2, 0) is 0 Å². The van der Waals surface area contributed by atoms with E-state index in [9.17, 15) is 5.11 Å². The molecule has 1 aliphatic carbocycles. The molecule has 3 rings (SSSR count). The molecule has 0 aromatic heterocycles. The molecule has 21 heavy (non-hydrogen) atoms. The first-order valence-corrected chi connectivity index (χ1v) is 8.30. The number of likely N-dealkylation sites (tertiary alicyclic amines) is 1. The van der Waals surface area contributed by atoms with Crippen molar-refractivity contribution in [2.24, 2.45) is 5.92 Å². The van der Waals surface area contributed by atoms with Crippen LogP contribution in [0.25, 0.3) is 0 Å². The Kier molecular flexibility index (Phi) is 4.23. The zero-order valence-electron chi connectivity index (χ0n) is 13.5. The van der Waals surface area contributed by atoms with Gasteiger partial charge in [-0.3, -0.25) is 0 Å². The van der Waals surface area contributed by atoms with E-state index in [1.807, 2.05) is 12.1 Å². The van der Waals surface area contributed by atoms with Gasteiger partial charge in [0.2, 0.25) is 0 Å². The highest BCUT2D eigenvalue weighted by molar-refractivity contribution is 5.50. The Balaban J connectivity index is 1.70. The van der Waals surface area contributed by atoms with Crippen LogP contribution in [0.1, 0.15) is 54.8 Å². The maximum atomic E-state index is 10.3. The highest BCUT2D eigenvalue weighted by Crippen LogP contribution is 2.45. The monoisotopic (exact) mass is 288 g/mol. The van der Waals surface area contributed by atoms with Gasteiger partial charge in [-0.1, -0.05) is 13.0 Å². The molecule has 1 aromatic carbocycles. The van der Waals surface area contributed by atoms with Gasteiger partial charge in [0.25, 0.3) is 0 Å². The summed E-state index contributed by atoms with van der Waals surface area (Å²) >= 11 is 0. The van der Waals surface area contributed by atoms with Crippen molar-refractivity contribution in [2.45, 2.75) is 45.1 Å². The third-order valence-electron chi connectivity index (χ3n) is 5.29. The number of rotatable bonds is 3. The number of nitrogens with one attached hydrogen (secondary N) is 1. The minimum atomic E-state index is 0.321. The van der Waals surface area contributed by atoms with Gasteiger partial charge in [0.15, 0.2) is 0 Å². The van der Waals surface area contributed by atoms with E-state index in [0.717, 1.165) is 24.4 Å². The molecule has 1 aromatic rings. The molecule has 3 nitrogen and oxygen atoms in total. The third kappa shape index (κ3) is 2.95. The number of hydrogen-bond donors (Lipinski definition) is 2. The lowest BCUT2D eigenvalue weighted by Gasteiger charge is -2.30. The molecule has 0 amide bonds. The van der Waals surface area contributed by atoms with Crippen LogP contribution in [0, 0.1) is 12.8 Å². The summed E-state index contributed by atoms with van der Waals surface area (Å²) in [4.78, 5) is 2.43. The second kappa shape index (κ2) is 5.98. The number of piperidine rings is 1. The normalized spacial score (nSPS) is 29.6. The molecule has 0 spiro atoms. The topological polar surface area (TPSA) is 35.5 Å². The van der Waals surface area contributed by atoms with Crippen molar-refractivity contribution in [3.63, 3.8) is 0 Å². The predicted octanol–water partition coefficient (Wildman–Crippen LogP) is 3.18. The van der Waals surface area contributed by atoms with Gasteiger partial charge < -0.3 is 15.3 Å². The molecule has 116 valence electrons. The highest BCUT2D eigenvalue weighted by atomic mass is 16.3. The molecular formula is C18H28N2O. The van der Waals surface area contributed by atoms with Crippen LogP contribution < -0.4 is 5.32 Å². The van der Waals surface area contributed by atoms with Crippen molar-refractivity contribution in [3.8, 4) is 5.75 Å². The fourth-order valence-electron chi connectivity index (χ4n) is 4.28. The van der Waals surface area contributed by atoms with E-state index < -0.39 is 0 Å². The largest absolute Gasteiger partial charge is 0.508 e. The Bertz CT molecular complexity index is 514. The van der Waals surface area contributed by atoms with Gasteiger partial charge in [0.1, 0.15) is 5.75 Å². The second-order valence-electron chi connectivity index (χ2n) is 7.10. The number of aryl methyl sites for hydroxylation is 1. The van der Waals surface area contributed by atoms with Crippen LogP contribution in [0.4, 0.5) is 0 Å². The van der Waals surface area contributed by atoms with Crippen molar-refractivity contribution in [2.75, 3.05) is 26.7 Å². The molecule has 0 saturated carbocycles. The van der Waals surface area contributed by atoms with E-state index >= 15 is 0 Å². The average Bonchev–Trinajstić information content (AvgIpc) is 2.79. The molecule has 2 N–H and O–H groups in total. The van der Waals surface area contributed by atoms with Gasteiger partial charge in [-0.25, -0.2) is 0 Å². The standard InChI is InChI=1S/C18H28N2O/c1-12-6-7-16(21)18-15(9-13(2)17(12)18)19-10-14-5-4-8-20(3)11-14/h6-7,13-15,19,21H,4-5,8-11H2,1-3H3. The molecule has 1 heterocycles. The van der Waals surface area contributed by atoms with Crippen LogP contribution >= 0.6 is 0 Å². The molecular weight excluding hydrogens is 260 g/mol. The Morgan fingerprint density at radius 2 is 2.14 bits per heavy atom. The maximum absolute atomic E-state index is 10.3. The lowest BCUT2D eigenvalue weighted by molar-refractivity contribution is 0.202. The highest BCUT2D eigenvalue weighted by Gasteiger charge is 2.32. The quantitative estimate of drug-likeness (QED) is 0.896. The lowest BCUT2D eigenvalue weighted by atomic mass is 9.97. The lowest BCUT2D eigenvalue weighted by Crippen LogP contribution is -2.38. The smallest absolute Gasteiger partial charge is 0.120 e. The first-order valence-electron chi connectivity index (χ1n) is 8.30. The van der Waals surface area contributed by atoms with Crippen LogP contribution in [-0.4, -0.2) is 36.7 Å². The summed E-state index contributed by atoms with van der Waals surface area (Å²) in [6, 6.07) is 4.22. The summed E-state index contributed by atoms with van der Waals surface area (Å²) in [7, 11) is 2.22. The van der Waals surface area contributed by atoms with Gasteiger partial charge in [0, 0.05) is 18.2 Å². The van der Waals surface area contributed by atoms with E-state index in [-0.39, 0.29) is 0 Å². The maximum Gasteiger partial charge on any atom is 0.120 e. The van der Waals surface area contributed by atoms with Gasteiger partial charge >= 0.3 is 0 Å². The first-order chi connectivity index (χ1) is 10.1. The number of phenols is 1.